The third-order valence-electron chi connectivity index (χ3n) is 4.70. The molecule has 30 heavy (non-hydrogen) atoms. The van der Waals surface area contributed by atoms with Gasteiger partial charge in [0.2, 0.25) is 0 Å². The monoisotopic (exact) mass is 418 g/mol. The van der Waals surface area contributed by atoms with Crippen LogP contribution in [-0.2, 0) is 13.1 Å². The number of nitrogens with one attached hydrogen (secondary N) is 1. The molecular formula is C23H22N4O2S. The fourth-order valence-electron chi connectivity index (χ4n) is 3.11. The number of aromatic nitrogens is 3. The summed E-state index contributed by atoms with van der Waals surface area (Å²) in [6.45, 7) is 2.64. The normalized spacial score (nSPS) is 11.9. The molecule has 0 aliphatic rings. The quantitative estimate of drug-likeness (QED) is 0.476. The van der Waals surface area contributed by atoms with Crippen molar-refractivity contribution >= 4 is 17.2 Å². The maximum Gasteiger partial charge on any atom is 0.263 e. The lowest BCUT2D eigenvalue weighted by molar-refractivity contribution is 0.0954. The minimum Gasteiger partial charge on any atom is -0.386 e. The zero-order valence-corrected chi connectivity index (χ0v) is 17.3. The van der Waals surface area contributed by atoms with E-state index in [1.807, 2.05) is 79.9 Å². The molecule has 0 unspecified atom stereocenters. The fourth-order valence-corrected chi connectivity index (χ4v) is 4.06. The number of carbonyl (C=O) groups is 1. The number of nitrogens with zero attached hydrogens (tertiary/aromatic N) is 3. The minimum atomic E-state index is -0.642. The highest BCUT2D eigenvalue weighted by Crippen LogP contribution is 2.27. The van der Waals surface area contributed by atoms with E-state index in [4.69, 9.17) is 0 Å². The molecule has 4 rings (SSSR count). The van der Waals surface area contributed by atoms with Crippen LogP contribution in [0.2, 0.25) is 0 Å². The average molecular weight is 419 g/mol. The van der Waals surface area contributed by atoms with Crippen LogP contribution in [0.1, 0.15) is 32.6 Å². The zero-order valence-electron chi connectivity index (χ0n) is 16.5. The average Bonchev–Trinajstić information content (AvgIpc) is 3.40. The Balaban J connectivity index is 1.43. The molecule has 7 heteroatoms. The first-order valence-electron chi connectivity index (χ1n) is 9.66. The fraction of sp³-hybridized carbons (Fsp3) is 0.174. The predicted octanol–water partition coefficient (Wildman–Crippen LogP) is 3.98. The molecule has 1 atom stereocenters. The second kappa shape index (κ2) is 9.02. The zero-order chi connectivity index (χ0) is 20.9. The van der Waals surface area contributed by atoms with Crippen LogP contribution >= 0.6 is 11.3 Å². The van der Waals surface area contributed by atoms with Gasteiger partial charge in [0, 0.05) is 12.7 Å². The van der Waals surface area contributed by atoms with Crippen molar-refractivity contribution in [2.45, 2.75) is 26.1 Å². The maximum atomic E-state index is 12.6. The minimum absolute atomic E-state index is 0.140. The molecular weight excluding hydrogens is 396 g/mol. The summed E-state index contributed by atoms with van der Waals surface area (Å²) in [7, 11) is 0. The second-order valence-electron chi connectivity index (χ2n) is 6.95. The van der Waals surface area contributed by atoms with Crippen molar-refractivity contribution in [2.75, 3.05) is 0 Å². The van der Waals surface area contributed by atoms with Crippen molar-refractivity contribution in [1.29, 1.82) is 0 Å². The van der Waals surface area contributed by atoms with E-state index in [1.165, 1.54) is 11.3 Å². The van der Waals surface area contributed by atoms with Crippen molar-refractivity contribution in [1.82, 2.24) is 20.1 Å². The number of rotatable bonds is 7. The van der Waals surface area contributed by atoms with Gasteiger partial charge in [-0.2, -0.15) is 5.10 Å². The molecule has 0 radical (unpaired) electrons. The Morgan fingerprint density at radius 1 is 1.10 bits per heavy atom. The number of aliphatic hydroxyl groups excluding tert-OH is 1. The smallest absolute Gasteiger partial charge is 0.263 e. The van der Waals surface area contributed by atoms with E-state index >= 15 is 0 Å². The van der Waals surface area contributed by atoms with Crippen LogP contribution in [0.3, 0.4) is 0 Å². The van der Waals surface area contributed by atoms with Crippen molar-refractivity contribution < 1.29 is 9.90 Å². The summed E-state index contributed by atoms with van der Waals surface area (Å²) in [4.78, 5) is 17.7. The number of amides is 1. The van der Waals surface area contributed by atoms with Gasteiger partial charge in [-0.05, 0) is 24.1 Å². The number of benzene rings is 2. The van der Waals surface area contributed by atoms with E-state index in [0.29, 0.717) is 34.4 Å². The number of hydrogen-bond acceptors (Lipinski definition) is 5. The summed E-state index contributed by atoms with van der Waals surface area (Å²) in [5, 5.41) is 18.6. The standard InChI is InChI=1S/C23H22N4O2S/c1-16-21(22(29)24-14-17-8-4-2-5-9-17)30-23(25-16)19-12-13-27(26-19)15-20(28)18-10-6-3-7-11-18/h2-13,20,28H,14-15H2,1H3,(H,24,29)/t20-/m1/s1. The SMILES string of the molecule is Cc1nc(-c2ccn(C[C@@H](O)c3ccccc3)n2)sc1C(=O)NCc1ccccc1. The van der Waals surface area contributed by atoms with Gasteiger partial charge in [0.15, 0.2) is 0 Å². The van der Waals surface area contributed by atoms with Gasteiger partial charge >= 0.3 is 0 Å². The molecule has 2 aromatic carbocycles. The molecule has 1 amide bonds. The van der Waals surface area contributed by atoms with E-state index in [1.54, 1.807) is 4.68 Å². The summed E-state index contributed by atoms with van der Waals surface area (Å²) in [5.74, 6) is -0.140. The van der Waals surface area contributed by atoms with Crippen LogP contribution in [0, 0.1) is 6.92 Å². The van der Waals surface area contributed by atoms with E-state index in [2.05, 4.69) is 15.4 Å². The van der Waals surface area contributed by atoms with Crippen molar-refractivity contribution in [3.8, 4) is 10.7 Å². The molecule has 2 N–H and O–H groups in total. The molecule has 0 saturated heterocycles. The lowest BCUT2D eigenvalue weighted by atomic mass is 10.1. The van der Waals surface area contributed by atoms with Crippen LogP contribution in [0.4, 0.5) is 0 Å². The van der Waals surface area contributed by atoms with Crippen molar-refractivity contribution in [3.05, 3.63) is 94.6 Å². The summed E-state index contributed by atoms with van der Waals surface area (Å²) >= 11 is 1.32. The molecule has 2 aromatic heterocycles. The summed E-state index contributed by atoms with van der Waals surface area (Å²) in [6, 6.07) is 21.1. The Morgan fingerprint density at radius 2 is 1.80 bits per heavy atom. The summed E-state index contributed by atoms with van der Waals surface area (Å²) in [6.07, 6.45) is 1.17. The number of thiazole rings is 1. The Labute approximate surface area is 178 Å². The van der Waals surface area contributed by atoms with Gasteiger partial charge in [-0.3, -0.25) is 9.48 Å². The number of carbonyl (C=O) groups excluding carboxylic acids is 1. The predicted molar refractivity (Wildman–Crippen MR) is 117 cm³/mol. The highest BCUT2D eigenvalue weighted by Gasteiger charge is 2.18. The van der Waals surface area contributed by atoms with Crippen LogP contribution in [-0.4, -0.2) is 25.8 Å². The van der Waals surface area contributed by atoms with Crippen molar-refractivity contribution in [3.63, 3.8) is 0 Å². The van der Waals surface area contributed by atoms with Gasteiger partial charge in [0.25, 0.3) is 5.91 Å². The maximum absolute atomic E-state index is 12.6. The number of aliphatic hydroxyl groups is 1. The second-order valence-corrected chi connectivity index (χ2v) is 7.95. The van der Waals surface area contributed by atoms with Crippen LogP contribution < -0.4 is 5.32 Å². The number of hydrogen-bond donors (Lipinski definition) is 2. The first-order valence-corrected chi connectivity index (χ1v) is 10.5. The molecule has 0 saturated carbocycles. The topological polar surface area (TPSA) is 80.0 Å². The third-order valence-corrected chi connectivity index (χ3v) is 5.88. The number of aryl methyl sites for hydroxylation is 1. The van der Waals surface area contributed by atoms with Gasteiger partial charge in [-0.25, -0.2) is 4.98 Å². The summed E-state index contributed by atoms with van der Waals surface area (Å²) in [5.41, 5.74) is 3.26. The Bertz CT molecular complexity index is 1120. The molecule has 0 spiro atoms. The molecule has 0 bridgehead atoms. The molecule has 0 aliphatic carbocycles. The Hall–Kier alpha value is -3.29. The highest BCUT2D eigenvalue weighted by molar-refractivity contribution is 7.17. The van der Waals surface area contributed by atoms with Gasteiger partial charge in [-0.15, -0.1) is 11.3 Å². The molecule has 152 valence electrons. The molecule has 2 heterocycles. The Kier molecular flexibility index (Phi) is 6.02. The van der Waals surface area contributed by atoms with Gasteiger partial charge < -0.3 is 10.4 Å². The lowest BCUT2D eigenvalue weighted by Crippen LogP contribution is -2.22. The van der Waals surface area contributed by atoms with E-state index < -0.39 is 6.10 Å². The van der Waals surface area contributed by atoms with E-state index in [0.717, 1.165) is 11.1 Å². The molecule has 0 aliphatic heterocycles. The first kappa shape index (κ1) is 20.0. The van der Waals surface area contributed by atoms with E-state index in [9.17, 15) is 9.90 Å². The molecule has 4 aromatic rings. The van der Waals surface area contributed by atoms with Crippen LogP contribution in [0.15, 0.2) is 72.9 Å². The van der Waals surface area contributed by atoms with Gasteiger partial charge in [0.05, 0.1) is 18.3 Å². The molecule has 0 fully saturated rings. The molecule has 6 nitrogen and oxygen atoms in total. The first-order chi connectivity index (χ1) is 14.6. The third kappa shape index (κ3) is 4.64. The summed E-state index contributed by atoms with van der Waals surface area (Å²) < 4.78 is 1.69. The van der Waals surface area contributed by atoms with Gasteiger partial charge in [-0.1, -0.05) is 60.7 Å². The largest absolute Gasteiger partial charge is 0.386 e. The van der Waals surface area contributed by atoms with Crippen LogP contribution in [0.5, 0.6) is 0 Å². The lowest BCUT2D eigenvalue weighted by Gasteiger charge is -2.10. The highest BCUT2D eigenvalue weighted by atomic mass is 32.1. The van der Waals surface area contributed by atoms with Crippen LogP contribution in [0.25, 0.3) is 10.7 Å². The van der Waals surface area contributed by atoms with Crippen molar-refractivity contribution in [2.24, 2.45) is 0 Å². The van der Waals surface area contributed by atoms with E-state index in [-0.39, 0.29) is 5.91 Å². The Morgan fingerprint density at radius 3 is 2.53 bits per heavy atom. The van der Waals surface area contributed by atoms with Gasteiger partial charge in [0.1, 0.15) is 15.6 Å².